The third-order valence-corrected chi connectivity index (χ3v) is 4.29. The minimum atomic E-state index is 0.365. The van der Waals surface area contributed by atoms with Crippen molar-refractivity contribution in [2.45, 2.75) is 0 Å². The second kappa shape index (κ2) is 6.44. The number of hydrogen-bond acceptors (Lipinski definition) is 6. The Morgan fingerprint density at radius 1 is 1.04 bits per heavy atom. The van der Waals surface area contributed by atoms with E-state index in [0.29, 0.717) is 5.95 Å². The molecule has 0 aliphatic rings. The maximum Gasteiger partial charge on any atom is 0.265 e. The Balaban J connectivity index is 1.57. The van der Waals surface area contributed by atoms with Crippen molar-refractivity contribution < 1.29 is 0 Å². The van der Waals surface area contributed by atoms with E-state index in [2.05, 4.69) is 30.6 Å². The molecule has 0 amide bonds. The molecule has 4 rings (SSSR count). The number of benzene rings is 2. The summed E-state index contributed by atoms with van der Waals surface area (Å²) in [5.41, 5.74) is 7.62. The van der Waals surface area contributed by atoms with Crippen molar-refractivity contribution in [2.24, 2.45) is 12.1 Å². The molecule has 130 valence electrons. The Kier molecular flexibility index (Phi) is 3.96. The van der Waals surface area contributed by atoms with Crippen LogP contribution in [0, 0.1) is 0 Å². The lowest BCUT2D eigenvalue weighted by molar-refractivity contribution is 0.949. The molecule has 0 atom stereocenters. The Morgan fingerprint density at radius 2 is 1.81 bits per heavy atom. The highest BCUT2D eigenvalue weighted by Gasteiger charge is 2.11. The number of fused-ring (bicyclic) bond motifs is 3. The fourth-order valence-electron chi connectivity index (χ4n) is 2.88. The number of rotatable bonds is 4. The van der Waals surface area contributed by atoms with Crippen LogP contribution in [0.15, 0.2) is 53.6 Å². The van der Waals surface area contributed by atoms with Crippen LogP contribution in [0.25, 0.3) is 22.1 Å². The maximum absolute atomic E-state index is 4.54. The first-order chi connectivity index (χ1) is 12.6. The zero-order valence-corrected chi connectivity index (χ0v) is 14.9. The van der Waals surface area contributed by atoms with Gasteiger partial charge in [0, 0.05) is 32.2 Å². The molecule has 2 aromatic carbocycles. The van der Waals surface area contributed by atoms with Crippen LogP contribution in [0.1, 0.15) is 5.56 Å². The van der Waals surface area contributed by atoms with Crippen molar-refractivity contribution in [1.29, 1.82) is 0 Å². The van der Waals surface area contributed by atoms with Gasteiger partial charge in [0.15, 0.2) is 5.65 Å². The molecule has 0 aliphatic carbocycles. The third-order valence-electron chi connectivity index (χ3n) is 4.29. The summed E-state index contributed by atoms with van der Waals surface area (Å²) in [5, 5.41) is 13.7. The molecule has 0 aliphatic heterocycles. The van der Waals surface area contributed by atoms with E-state index in [-0.39, 0.29) is 0 Å². The van der Waals surface area contributed by atoms with Gasteiger partial charge >= 0.3 is 0 Å². The highest BCUT2D eigenvalue weighted by molar-refractivity contribution is 6.04. The average Bonchev–Trinajstić information content (AvgIpc) is 2.95. The summed E-state index contributed by atoms with van der Waals surface area (Å²) >= 11 is 0. The number of hydrazone groups is 1. The molecule has 2 heterocycles. The van der Waals surface area contributed by atoms with E-state index >= 15 is 0 Å². The summed E-state index contributed by atoms with van der Waals surface area (Å²) < 4.78 is 2.01. The second-order valence-electron chi connectivity index (χ2n) is 6.24. The predicted molar refractivity (Wildman–Crippen MR) is 106 cm³/mol. The lowest BCUT2D eigenvalue weighted by Crippen LogP contribution is -2.08. The lowest BCUT2D eigenvalue weighted by atomic mass is 10.2. The summed E-state index contributed by atoms with van der Waals surface area (Å²) in [6, 6.07) is 16.2. The van der Waals surface area contributed by atoms with Crippen LogP contribution in [-0.2, 0) is 7.05 Å². The van der Waals surface area contributed by atoms with E-state index in [1.807, 2.05) is 74.2 Å². The molecule has 2 aromatic heterocycles. The van der Waals surface area contributed by atoms with Gasteiger partial charge in [0.1, 0.15) is 5.52 Å². The maximum atomic E-state index is 4.54. The van der Waals surface area contributed by atoms with Crippen LogP contribution < -0.4 is 10.3 Å². The Morgan fingerprint density at radius 3 is 2.58 bits per heavy atom. The molecule has 7 heteroatoms. The molecule has 0 spiro atoms. The molecule has 0 fully saturated rings. The topological polar surface area (TPSA) is 71.2 Å². The van der Waals surface area contributed by atoms with Crippen molar-refractivity contribution in [2.75, 3.05) is 24.4 Å². The molecule has 0 unspecified atom stereocenters. The fraction of sp³-hybridized carbons (Fsp3) is 0.158. The van der Waals surface area contributed by atoms with E-state index in [1.165, 1.54) is 0 Å². The number of aryl methyl sites for hydroxylation is 1. The highest BCUT2D eigenvalue weighted by atomic mass is 15.4. The minimum absolute atomic E-state index is 0.365. The van der Waals surface area contributed by atoms with Gasteiger partial charge < -0.3 is 9.47 Å². The predicted octanol–water partition coefficient (Wildman–Crippen LogP) is 3.03. The van der Waals surface area contributed by atoms with Gasteiger partial charge in [-0.15, -0.1) is 10.2 Å². The van der Waals surface area contributed by atoms with Gasteiger partial charge in [0.25, 0.3) is 5.95 Å². The number of nitrogens with one attached hydrogen (secondary N) is 1. The number of hydrogen-bond donors (Lipinski definition) is 1. The standard InChI is InChI=1S/C19H19N7/c1-25(2)14-10-8-13(9-11-14)12-20-23-19-21-18-17(22-24-19)15-6-4-5-7-16(15)26(18)3/h4-12H,1-3H3,(H,21,23,24). The highest BCUT2D eigenvalue weighted by Crippen LogP contribution is 2.24. The first-order valence-corrected chi connectivity index (χ1v) is 8.28. The van der Waals surface area contributed by atoms with Gasteiger partial charge in [-0.05, 0) is 23.8 Å². The Hall–Kier alpha value is -3.48. The van der Waals surface area contributed by atoms with Crippen LogP contribution >= 0.6 is 0 Å². The number of nitrogens with zero attached hydrogens (tertiary/aromatic N) is 6. The van der Waals surface area contributed by atoms with Crippen LogP contribution in [0.3, 0.4) is 0 Å². The molecule has 7 nitrogen and oxygen atoms in total. The SMILES string of the molecule is CN(C)c1ccc(C=NNc2nnc3c4ccccc4n(C)c3n2)cc1. The zero-order chi connectivity index (χ0) is 18.1. The van der Waals surface area contributed by atoms with Crippen molar-refractivity contribution in [3.63, 3.8) is 0 Å². The van der Waals surface area contributed by atoms with Gasteiger partial charge in [0.05, 0.1) is 11.7 Å². The van der Waals surface area contributed by atoms with Crippen LogP contribution in [0.2, 0.25) is 0 Å². The number of anilines is 2. The van der Waals surface area contributed by atoms with Gasteiger partial charge in [-0.3, -0.25) is 0 Å². The summed E-state index contributed by atoms with van der Waals surface area (Å²) in [6.45, 7) is 0. The molecular formula is C19H19N7. The van der Waals surface area contributed by atoms with E-state index in [9.17, 15) is 0 Å². The Labute approximate surface area is 151 Å². The van der Waals surface area contributed by atoms with Gasteiger partial charge in [0.2, 0.25) is 0 Å². The monoisotopic (exact) mass is 345 g/mol. The minimum Gasteiger partial charge on any atom is -0.378 e. The summed E-state index contributed by atoms with van der Waals surface area (Å²) in [5.74, 6) is 0.365. The average molecular weight is 345 g/mol. The largest absolute Gasteiger partial charge is 0.378 e. The lowest BCUT2D eigenvalue weighted by Gasteiger charge is -2.11. The van der Waals surface area contributed by atoms with E-state index < -0.39 is 0 Å². The van der Waals surface area contributed by atoms with Gasteiger partial charge in [-0.25, -0.2) is 5.43 Å². The van der Waals surface area contributed by atoms with Crippen molar-refractivity contribution in [3.05, 3.63) is 54.1 Å². The van der Waals surface area contributed by atoms with Gasteiger partial charge in [-0.2, -0.15) is 10.1 Å². The molecule has 26 heavy (non-hydrogen) atoms. The first-order valence-electron chi connectivity index (χ1n) is 8.28. The molecular weight excluding hydrogens is 326 g/mol. The number of para-hydroxylation sites is 1. The third kappa shape index (κ3) is 2.83. The first kappa shape index (κ1) is 16.0. The van der Waals surface area contributed by atoms with Crippen molar-refractivity contribution >= 4 is 39.9 Å². The van der Waals surface area contributed by atoms with Crippen LogP contribution in [-0.4, -0.2) is 40.1 Å². The van der Waals surface area contributed by atoms with E-state index in [1.54, 1.807) is 6.21 Å². The summed E-state index contributed by atoms with van der Waals surface area (Å²) in [4.78, 5) is 6.59. The van der Waals surface area contributed by atoms with Crippen molar-refractivity contribution in [1.82, 2.24) is 19.7 Å². The molecule has 0 saturated heterocycles. The molecule has 0 bridgehead atoms. The van der Waals surface area contributed by atoms with Gasteiger partial charge in [-0.1, -0.05) is 30.3 Å². The molecule has 0 saturated carbocycles. The normalized spacial score (nSPS) is 11.5. The van der Waals surface area contributed by atoms with Crippen LogP contribution in [0.5, 0.6) is 0 Å². The molecule has 0 radical (unpaired) electrons. The zero-order valence-electron chi connectivity index (χ0n) is 14.9. The quantitative estimate of drug-likeness (QED) is 0.455. The fourth-order valence-corrected chi connectivity index (χ4v) is 2.88. The second-order valence-corrected chi connectivity index (χ2v) is 6.24. The summed E-state index contributed by atoms with van der Waals surface area (Å²) in [7, 11) is 6.00. The molecule has 1 N–H and O–H groups in total. The Bertz CT molecular complexity index is 1090. The smallest absolute Gasteiger partial charge is 0.265 e. The molecule has 4 aromatic rings. The van der Waals surface area contributed by atoms with Crippen molar-refractivity contribution in [3.8, 4) is 0 Å². The number of aromatic nitrogens is 4. The summed E-state index contributed by atoms with van der Waals surface area (Å²) in [6.07, 6.45) is 1.73. The van der Waals surface area contributed by atoms with Crippen LogP contribution in [0.4, 0.5) is 11.6 Å². The van der Waals surface area contributed by atoms with E-state index in [0.717, 1.165) is 33.3 Å². The van der Waals surface area contributed by atoms with E-state index in [4.69, 9.17) is 0 Å².